The fraction of sp³-hybridized carbons (Fsp3) is 0.870. The number of carbonyl (C=O) groups excluding carboxylic acids is 1. The van der Waals surface area contributed by atoms with Crippen LogP contribution in [0.25, 0.3) is 0 Å². The minimum Gasteiger partial charge on any atom is -0.353 e. The van der Waals surface area contributed by atoms with E-state index in [2.05, 4.69) is 19.9 Å². The molecule has 0 radical (unpaired) electrons. The number of unbranched alkanes of at least 4 members (excludes halogenated alkanes) is 1. The smallest absolute Gasteiger partial charge is 0.158 e. The summed E-state index contributed by atoms with van der Waals surface area (Å²) < 4.78 is 22.9. The van der Waals surface area contributed by atoms with Crippen molar-refractivity contribution < 1.29 is 23.7 Å². The van der Waals surface area contributed by atoms with E-state index in [1.54, 1.807) is 0 Å². The van der Waals surface area contributed by atoms with Crippen molar-refractivity contribution in [3.05, 3.63) is 12.2 Å². The first kappa shape index (κ1) is 23.5. The second kappa shape index (κ2) is 13.5. The lowest BCUT2D eigenvalue weighted by molar-refractivity contribution is -0.217. The zero-order valence-corrected chi connectivity index (χ0v) is 18.0. The van der Waals surface area contributed by atoms with Crippen LogP contribution < -0.4 is 0 Å². The summed E-state index contributed by atoms with van der Waals surface area (Å²) in [7, 11) is 0. The molecule has 2 heterocycles. The number of rotatable bonds is 13. The molecule has 0 spiro atoms. The van der Waals surface area contributed by atoms with Gasteiger partial charge in [0, 0.05) is 26.1 Å². The van der Waals surface area contributed by atoms with Gasteiger partial charge >= 0.3 is 0 Å². The van der Waals surface area contributed by atoms with Crippen LogP contribution in [0.2, 0.25) is 0 Å². The lowest BCUT2D eigenvalue weighted by Crippen LogP contribution is -2.34. The van der Waals surface area contributed by atoms with Gasteiger partial charge in [-0.05, 0) is 78.1 Å². The van der Waals surface area contributed by atoms with Crippen LogP contribution in [-0.4, -0.2) is 43.8 Å². The van der Waals surface area contributed by atoms with E-state index in [9.17, 15) is 4.79 Å². The maximum absolute atomic E-state index is 12.1. The van der Waals surface area contributed by atoms with Gasteiger partial charge < -0.3 is 18.9 Å². The molecular formula is C23H40O5. The highest BCUT2D eigenvalue weighted by Gasteiger charge is 2.25. The molecule has 2 aliphatic heterocycles. The van der Waals surface area contributed by atoms with Crippen LogP contribution in [0.3, 0.4) is 0 Å². The normalized spacial score (nSPS) is 23.9. The third-order valence-corrected chi connectivity index (χ3v) is 5.33. The number of carbonyl (C=O) groups is 1. The largest absolute Gasteiger partial charge is 0.353 e. The van der Waals surface area contributed by atoms with Crippen molar-refractivity contribution in [2.45, 2.75) is 109 Å². The Hall–Kier alpha value is -0.750. The third-order valence-electron chi connectivity index (χ3n) is 5.33. The van der Waals surface area contributed by atoms with Crippen LogP contribution in [0.15, 0.2) is 12.2 Å². The van der Waals surface area contributed by atoms with Crippen LogP contribution in [-0.2, 0) is 23.7 Å². The van der Waals surface area contributed by atoms with Crippen LogP contribution in [0.4, 0.5) is 0 Å². The summed E-state index contributed by atoms with van der Waals surface area (Å²) in [6, 6.07) is 0. The van der Waals surface area contributed by atoms with Crippen molar-refractivity contribution in [1.29, 1.82) is 0 Å². The van der Waals surface area contributed by atoms with Crippen LogP contribution in [0.1, 0.15) is 90.9 Å². The van der Waals surface area contributed by atoms with Crippen molar-refractivity contribution in [1.82, 2.24) is 0 Å². The fourth-order valence-electron chi connectivity index (χ4n) is 3.66. The van der Waals surface area contributed by atoms with E-state index in [0.717, 1.165) is 64.6 Å². The van der Waals surface area contributed by atoms with Crippen LogP contribution in [0.5, 0.6) is 0 Å². The van der Waals surface area contributed by atoms with Crippen molar-refractivity contribution in [2.24, 2.45) is 0 Å². The number of ether oxygens (including phenoxy) is 4. The molecule has 2 fully saturated rings. The summed E-state index contributed by atoms with van der Waals surface area (Å²) in [6.07, 6.45) is 15.6. The van der Waals surface area contributed by atoms with Gasteiger partial charge in [0.2, 0.25) is 0 Å². The molecule has 5 heteroatoms. The summed E-state index contributed by atoms with van der Waals surface area (Å²) in [5.41, 5.74) is -0.229. The Bertz CT molecular complexity index is 448. The molecule has 2 unspecified atom stereocenters. The molecule has 0 N–H and O–H groups in total. The maximum Gasteiger partial charge on any atom is 0.158 e. The van der Waals surface area contributed by atoms with Gasteiger partial charge in [-0.1, -0.05) is 12.2 Å². The van der Waals surface area contributed by atoms with E-state index in [0.29, 0.717) is 25.2 Å². The molecule has 2 rings (SSSR count). The molecule has 2 atom stereocenters. The average Bonchev–Trinajstić information content (AvgIpc) is 2.68. The second-order valence-corrected chi connectivity index (χ2v) is 8.56. The highest BCUT2D eigenvalue weighted by atomic mass is 16.7. The van der Waals surface area contributed by atoms with Gasteiger partial charge in [-0.15, -0.1) is 0 Å². The summed E-state index contributed by atoms with van der Waals surface area (Å²) in [5.74, 6) is 0.352. The maximum atomic E-state index is 12.1. The Morgan fingerprint density at radius 2 is 1.64 bits per heavy atom. The predicted molar refractivity (Wildman–Crippen MR) is 110 cm³/mol. The molecule has 0 amide bonds. The SMILES string of the molecule is CC(C)(CCCC(=O)CCC/C=C/COC1CCCCO1)OC1CCCCO1. The molecule has 0 aromatic rings. The van der Waals surface area contributed by atoms with E-state index >= 15 is 0 Å². The molecule has 2 aliphatic rings. The van der Waals surface area contributed by atoms with Gasteiger partial charge in [0.25, 0.3) is 0 Å². The van der Waals surface area contributed by atoms with E-state index in [-0.39, 0.29) is 18.2 Å². The van der Waals surface area contributed by atoms with Crippen molar-refractivity contribution in [3.63, 3.8) is 0 Å². The number of Topliss-reactive ketones (excluding diaryl/α,β-unsaturated/α-hetero) is 1. The van der Waals surface area contributed by atoms with Crippen molar-refractivity contribution in [3.8, 4) is 0 Å². The Morgan fingerprint density at radius 1 is 0.964 bits per heavy atom. The molecule has 0 aromatic carbocycles. The molecule has 2 saturated heterocycles. The van der Waals surface area contributed by atoms with Crippen molar-refractivity contribution in [2.75, 3.05) is 19.8 Å². The highest BCUT2D eigenvalue weighted by Crippen LogP contribution is 2.25. The zero-order chi connectivity index (χ0) is 20.1. The van der Waals surface area contributed by atoms with Gasteiger partial charge in [0.15, 0.2) is 12.6 Å². The van der Waals surface area contributed by atoms with Gasteiger partial charge in [-0.3, -0.25) is 4.79 Å². The third kappa shape index (κ3) is 10.7. The van der Waals surface area contributed by atoms with E-state index in [1.807, 2.05) is 6.08 Å². The quantitative estimate of drug-likeness (QED) is 0.312. The standard InChI is InChI=1S/C23H40O5/c1-23(2,28-22-15-7-10-19-27-22)16-11-13-20(24)12-5-3-4-8-17-25-21-14-6-9-18-26-21/h4,8,21-22H,3,5-7,9-19H2,1-2H3/b8-4+. The molecule has 0 bridgehead atoms. The summed E-state index contributed by atoms with van der Waals surface area (Å²) in [5, 5.41) is 0. The van der Waals surface area contributed by atoms with Gasteiger partial charge in [-0.25, -0.2) is 0 Å². The first-order valence-corrected chi connectivity index (χ1v) is 11.2. The first-order chi connectivity index (χ1) is 13.6. The second-order valence-electron chi connectivity index (χ2n) is 8.56. The number of ketones is 1. The first-order valence-electron chi connectivity index (χ1n) is 11.2. The molecule has 0 aliphatic carbocycles. The Kier molecular flexibility index (Phi) is 11.3. The molecule has 162 valence electrons. The topological polar surface area (TPSA) is 54.0 Å². The zero-order valence-electron chi connectivity index (χ0n) is 18.0. The average molecular weight is 397 g/mol. The molecular weight excluding hydrogens is 356 g/mol. The number of allylic oxidation sites excluding steroid dienone is 1. The lowest BCUT2D eigenvalue weighted by Gasteiger charge is -2.32. The number of hydrogen-bond donors (Lipinski definition) is 0. The van der Waals surface area contributed by atoms with E-state index < -0.39 is 0 Å². The Labute approximate surface area is 171 Å². The van der Waals surface area contributed by atoms with Crippen molar-refractivity contribution >= 4 is 5.78 Å². The fourth-order valence-corrected chi connectivity index (χ4v) is 3.66. The minimum atomic E-state index is -0.229. The predicted octanol–water partition coefficient (Wildman–Crippen LogP) is 5.32. The Morgan fingerprint density at radius 3 is 2.32 bits per heavy atom. The van der Waals surface area contributed by atoms with E-state index in [1.165, 1.54) is 12.8 Å². The minimum absolute atomic E-state index is 0.0297. The Balaban J connectivity index is 1.45. The monoisotopic (exact) mass is 396 g/mol. The molecule has 0 saturated carbocycles. The van der Waals surface area contributed by atoms with Crippen LogP contribution >= 0.6 is 0 Å². The van der Waals surface area contributed by atoms with Crippen LogP contribution in [0, 0.1) is 0 Å². The summed E-state index contributed by atoms with van der Waals surface area (Å²) in [4.78, 5) is 12.1. The molecule has 28 heavy (non-hydrogen) atoms. The summed E-state index contributed by atoms with van der Waals surface area (Å²) >= 11 is 0. The molecule has 0 aromatic heterocycles. The van der Waals surface area contributed by atoms with Gasteiger partial charge in [0.1, 0.15) is 5.78 Å². The summed E-state index contributed by atoms with van der Waals surface area (Å²) in [6.45, 7) is 6.40. The van der Waals surface area contributed by atoms with E-state index in [4.69, 9.17) is 18.9 Å². The van der Waals surface area contributed by atoms with Gasteiger partial charge in [-0.2, -0.15) is 0 Å². The molecule has 5 nitrogen and oxygen atoms in total. The number of hydrogen-bond acceptors (Lipinski definition) is 5. The lowest BCUT2D eigenvalue weighted by atomic mass is 9.98. The highest BCUT2D eigenvalue weighted by molar-refractivity contribution is 5.78. The van der Waals surface area contributed by atoms with Gasteiger partial charge in [0.05, 0.1) is 12.2 Å².